The fourth-order valence-electron chi connectivity index (χ4n) is 2.45. The molecular weight excluding hydrogens is 271 g/mol. The zero-order valence-corrected chi connectivity index (χ0v) is 10.8. The van der Waals surface area contributed by atoms with Crippen LogP contribution in [0, 0.1) is 0 Å². The van der Waals surface area contributed by atoms with Gasteiger partial charge in [-0.3, -0.25) is 5.32 Å². The van der Waals surface area contributed by atoms with E-state index in [1.54, 1.807) is 25.1 Å². The molecule has 1 aromatic carbocycles. The van der Waals surface area contributed by atoms with Crippen LogP contribution in [0.3, 0.4) is 0 Å². The molecule has 1 unspecified atom stereocenters. The Morgan fingerprint density at radius 1 is 1.25 bits per heavy atom. The molecule has 7 heteroatoms. The highest BCUT2D eigenvalue weighted by Crippen LogP contribution is 2.50. The first-order chi connectivity index (χ1) is 9.31. The summed E-state index contributed by atoms with van der Waals surface area (Å²) < 4.78 is 38.7. The Morgan fingerprint density at radius 2 is 1.90 bits per heavy atom. The molecule has 1 atom stereocenters. The molecule has 3 rings (SSSR count). The molecule has 108 valence electrons. The highest BCUT2D eigenvalue weighted by atomic mass is 19.4. The Morgan fingerprint density at radius 3 is 2.50 bits per heavy atom. The van der Waals surface area contributed by atoms with Gasteiger partial charge in [0, 0.05) is 6.04 Å². The van der Waals surface area contributed by atoms with Gasteiger partial charge in [0.15, 0.2) is 0 Å². The predicted octanol–water partition coefficient (Wildman–Crippen LogP) is 2.60. The molecule has 0 spiro atoms. The second-order valence-corrected chi connectivity index (χ2v) is 5.33. The molecule has 20 heavy (non-hydrogen) atoms. The summed E-state index contributed by atoms with van der Waals surface area (Å²) in [5, 5.41) is 2.67. The van der Waals surface area contributed by atoms with Gasteiger partial charge in [0.2, 0.25) is 0 Å². The van der Waals surface area contributed by atoms with Crippen molar-refractivity contribution in [2.24, 2.45) is 0 Å². The minimum atomic E-state index is -4.23. The maximum atomic E-state index is 12.9. The SMILES string of the molecule is CC(NC1(C(F)(F)F)CC1)c1ccc2[nH]c(=O)[nH]c2c1. The minimum absolute atomic E-state index is 0.115. The molecule has 1 aliphatic carbocycles. The molecule has 4 nitrogen and oxygen atoms in total. The van der Waals surface area contributed by atoms with Gasteiger partial charge in [-0.25, -0.2) is 4.79 Å². The first kappa shape index (κ1) is 13.2. The second-order valence-electron chi connectivity index (χ2n) is 5.33. The van der Waals surface area contributed by atoms with E-state index in [4.69, 9.17) is 0 Å². The Hall–Kier alpha value is -1.76. The van der Waals surface area contributed by atoms with Gasteiger partial charge >= 0.3 is 11.9 Å². The summed E-state index contributed by atoms with van der Waals surface area (Å²) in [5.41, 5.74) is -0.122. The van der Waals surface area contributed by atoms with E-state index in [1.807, 2.05) is 0 Å². The van der Waals surface area contributed by atoms with E-state index >= 15 is 0 Å². The van der Waals surface area contributed by atoms with E-state index in [1.165, 1.54) is 0 Å². The largest absolute Gasteiger partial charge is 0.406 e. The van der Waals surface area contributed by atoms with Crippen LogP contribution < -0.4 is 11.0 Å². The highest BCUT2D eigenvalue weighted by molar-refractivity contribution is 5.75. The highest BCUT2D eigenvalue weighted by Gasteiger charge is 2.63. The molecule has 2 aromatic rings. The summed E-state index contributed by atoms with van der Waals surface area (Å²) in [5.74, 6) is 0. The number of rotatable bonds is 3. The van der Waals surface area contributed by atoms with Gasteiger partial charge in [-0.1, -0.05) is 6.07 Å². The van der Waals surface area contributed by atoms with Gasteiger partial charge in [-0.05, 0) is 37.5 Å². The van der Waals surface area contributed by atoms with Gasteiger partial charge in [0.25, 0.3) is 0 Å². The van der Waals surface area contributed by atoms with Gasteiger partial charge in [0.1, 0.15) is 5.54 Å². The average Bonchev–Trinajstić information content (AvgIpc) is 3.02. The van der Waals surface area contributed by atoms with E-state index in [0.29, 0.717) is 16.6 Å². The standard InChI is InChI=1S/C13H14F3N3O/c1-7(19-12(4-5-12)13(14,15)16)8-2-3-9-10(6-8)18-11(20)17-9/h2-3,6-7,19H,4-5H2,1H3,(H2,17,18,20). The summed E-state index contributed by atoms with van der Waals surface area (Å²) in [4.78, 5) is 16.4. The van der Waals surface area contributed by atoms with E-state index in [9.17, 15) is 18.0 Å². The van der Waals surface area contributed by atoms with Gasteiger partial charge in [0.05, 0.1) is 11.0 Å². The van der Waals surface area contributed by atoms with Crippen molar-refractivity contribution in [3.8, 4) is 0 Å². The van der Waals surface area contributed by atoms with Crippen LogP contribution in [0.5, 0.6) is 0 Å². The number of aromatic amines is 2. The molecule has 0 bridgehead atoms. The third-order valence-electron chi connectivity index (χ3n) is 3.83. The van der Waals surface area contributed by atoms with Crippen molar-refractivity contribution >= 4 is 11.0 Å². The zero-order valence-electron chi connectivity index (χ0n) is 10.8. The lowest BCUT2D eigenvalue weighted by atomic mass is 10.1. The number of halogens is 3. The molecule has 0 amide bonds. The fraction of sp³-hybridized carbons (Fsp3) is 0.462. The number of H-pyrrole nitrogens is 2. The molecule has 0 aliphatic heterocycles. The zero-order chi connectivity index (χ0) is 14.5. The second kappa shape index (κ2) is 4.12. The summed E-state index contributed by atoms with van der Waals surface area (Å²) >= 11 is 0. The lowest BCUT2D eigenvalue weighted by Crippen LogP contribution is -2.45. The van der Waals surface area contributed by atoms with Crippen molar-refractivity contribution in [3.63, 3.8) is 0 Å². The number of benzene rings is 1. The Kier molecular flexibility index (Phi) is 2.72. The Balaban J connectivity index is 1.85. The molecule has 1 saturated carbocycles. The third kappa shape index (κ3) is 2.11. The molecule has 1 fully saturated rings. The van der Waals surface area contributed by atoms with Crippen LogP contribution in [0.25, 0.3) is 11.0 Å². The quantitative estimate of drug-likeness (QED) is 0.811. The van der Waals surface area contributed by atoms with E-state index in [-0.39, 0.29) is 18.5 Å². The summed E-state index contributed by atoms with van der Waals surface area (Å²) in [6.07, 6.45) is -4.00. The van der Waals surface area contributed by atoms with Crippen LogP contribution >= 0.6 is 0 Å². The number of aromatic nitrogens is 2. The van der Waals surface area contributed by atoms with Crippen LogP contribution in [0.4, 0.5) is 13.2 Å². The molecule has 1 aromatic heterocycles. The number of fused-ring (bicyclic) bond motifs is 1. The van der Waals surface area contributed by atoms with Crippen LogP contribution in [-0.2, 0) is 0 Å². The molecule has 0 saturated heterocycles. The van der Waals surface area contributed by atoms with Crippen LogP contribution in [0.2, 0.25) is 0 Å². The maximum absolute atomic E-state index is 12.9. The monoisotopic (exact) mass is 285 g/mol. The molecule has 1 aliphatic rings. The van der Waals surface area contributed by atoms with Crippen LogP contribution in [0.1, 0.15) is 31.4 Å². The molecule has 1 heterocycles. The summed E-state index contributed by atoms with van der Waals surface area (Å²) in [6, 6.07) is 4.66. The van der Waals surface area contributed by atoms with E-state index in [0.717, 1.165) is 0 Å². The Bertz CT molecular complexity index is 697. The van der Waals surface area contributed by atoms with Crippen molar-refractivity contribution in [1.29, 1.82) is 0 Å². The first-order valence-corrected chi connectivity index (χ1v) is 6.37. The maximum Gasteiger partial charge on any atom is 0.406 e. The molecule has 0 radical (unpaired) electrons. The number of hydrogen-bond acceptors (Lipinski definition) is 2. The summed E-state index contributed by atoms with van der Waals surface area (Å²) in [7, 11) is 0. The Labute approximate surface area is 112 Å². The van der Waals surface area contributed by atoms with Gasteiger partial charge < -0.3 is 9.97 Å². The smallest absolute Gasteiger partial charge is 0.306 e. The number of alkyl halides is 3. The van der Waals surface area contributed by atoms with Crippen molar-refractivity contribution in [2.75, 3.05) is 0 Å². The van der Waals surface area contributed by atoms with Gasteiger partial charge in [-0.15, -0.1) is 0 Å². The first-order valence-electron chi connectivity index (χ1n) is 6.37. The van der Waals surface area contributed by atoms with Crippen molar-refractivity contribution in [1.82, 2.24) is 15.3 Å². The van der Waals surface area contributed by atoms with Crippen LogP contribution in [-0.4, -0.2) is 21.7 Å². The van der Waals surface area contributed by atoms with Crippen LogP contribution in [0.15, 0.2) is 23.0 Å². The van der Waals surface area contributed by atoms with E-state index < -0.39 is 17.8 Å². The predicted molar refractivity (Wildman–Crippen MR) is 68.5 cm³/mol. The van der Waals surface area contributed by atoms with Crippen molar-refractivity contribution < 1.29 is 13.2 Å². The van der Waals surface area contributed by atoms with Gasteiger partial charge in [-0.2, -0.15) is 13.2 Å². The minimum Gasteiger partial charge on any atom is -0.306 e. The normalized spacial score (nSPS) is 19.2. The van der Waals surface area contributed by atoms with E-state index in [2.05, 4.69) is 15.3 Å². The third-order valence-corrected chi connectivity index (χ3v) is 3.83. The average molecular weight is 285 g/mol. The van der Waals surface area contributed by atoms with Crippen molar-refractivity contribution in [3.05, 3.63) is 34.2 Å². The number of hydrogen-bond donors (Lipinski definition) is 3. The number of imidazole rings is 1. The molecule has 3 N–H and O–H groups in total. The topological polar surface area (TPSA) is 60.7 Å². The number of nitrogens with one attached hydrogen (secondary N) is 3. The summed E-state index contributed by atoms with van der Waals surface area (Å²) in [6.45, 7) is 1.69. The van der Waals surface area contributed by atoms with Crippen molar-refractivity contribution in [2.45, 2.75) is 37.5 Å². The molecular formula is C13H14F3N3O. The lowest BCUT2D eigenvalue weighted by molar-refractivity contribution is -0.167. The fourth-order valence-corrected chi connectivity index (χ4v) is 2.45. The lowest BCUT2D eigenvalue weighted by Gasteiger charge is -2.25.